The monoisotopic (exact) mass is 291 g/mol. The molecule has 0 bridgehead atoms. The van der Waals surface area contributed by atoms with E-state index in [0.29, 0.717) is 5.92 Å². The maximum absolute atomic E-state index is 5.18. The number of hydrogen-bond donors (Lipinski definition) is 1. The van der Waals surface area contributed by atoms with E-state index in [1.165, 1.54) is 16.3 Å². The lowest BCUT2D eigenvalue weighted by atomic mass is 9.95. The molecule has 0 heterocycles. The molecule has 1 atom stereocenters. The minimum absolute atomic E-state index is 0.438. The van der Waals surface area contributed by atoms with Gasteiger partial charge in [0.25, 0.3) is 0 Å². The highest BCUT2D eigenvalue weighted by atomic mass is 16.5. The standard InChI is InChI=1S/C20H21NO/c1-15(14-21-17-10-12-18(22-2)13-11-17)19-9-5-7-16-6-3-4-8-20(16)19/h3-13,15,21H,14H2,1-2H3/t15-/m1/s1. The van der Waals surface area contributed by atoms with Crippen LogP contribution in [0, 0.1) is 0 Å². The van der Waals surface area contributed by atoms with Crippen molar-refractivity contribution in [2.24, 2.45) is 0 Å². The summed E-state index contributed by atoms with van der Waals surface area (Å²) in [5.41, 5.74) is 2.51. The predicted molar refractivity (Wildman–Crippen MR) is 93.8 cm³/mol. The summed E-state index contributed by atoms with van der Waals surface area (Å²) in [5.74, 6) is 1.32. The smallest absolute Gasteiger partial charge is 0.119 e. The van der Waals surface area contributed by atoms with Crippen LogP contribution < -0.4 is 10.1 Å². The van der Waals surface area contributed by atoms with Crippen molar-refractivity contribution in [1.29, 1.82) is 0 Å². The van der Waals surface area contributed by atoms with E-state index >= 15 is 0 Å². The first-order chi connectivity index (χ1) is 10.8. The highest BCUT2D eigenvalue weighted by Gasteiger charge is 2.09. The number of rotatable bonds is 5. The van der Waals surface area contributed by atoms with E-state index in [9.17, 15) is 0 Å². The Labute approximate surface area is 131 Å². The molecule has 22 heavy (non-hydrogen) atoms. The third kappa shape index (κ3) is 3.06. The lowest BCUT2D eigenvalue weighted by Gasteiger charge is -2.16. The van der Waals surface area contributed by atoms with Crippen LogP contribution in [0.3, 0.4) is 0 Å². The van der Waals surface area contributed by atoms with E-state index in [2.05, 4.69) is 66.8 Å². The molecular formula is C20H21NO. The molecule has 0 aromatic heterocycles. The van der Waals surface area contributed by atoms with E-state index in [0.717, 1.165) is 18.0 Å². The minimum Gasteiger partial charge on any atom is -0.497 e. The molecule has 3 aromatic carbocycles. The Balaban J connectivity index is 1.74. The molecule has 0 aliphatic heterocycles. The molecule has 3 rings (SSSR count). The number of benzene rings is 3. The van der Waals surface area contributed by atoms with Gasteiger partial charge in [-0.25, -0.2) is 0 Å². The van der Waals surface area contributed by atoms with Crippen LogP contribution in [0.25, 0.3) is 10.8 Å². The van der Waals surface area contributed by atoms with Crippen LogP contribution in [0.5, 0.6) is 5.75 Å². The molecule has 2 nitrogen and oxygen atoms in total. The molecule has 0 unspecified atom stereocenters. The zero-order valence-corrected chi connectivity index (χ0v) is 13.0. The maximum Gasteiger partial charge on any atom is 0.119 e. The highest BCUT2D eigenvalue weighted by molar-refractivity contribution is 5.86. The lowest BCUT2D eigenvalue weighted by molar-refractivity contribution is 0.415. The second-order valence-corrected chi connectivity index (χ2v) is 5.58. The van der Waals surface area contributed by atoms with Gasteiger partial charge < -0.3 is 10.1 Å². The van der Waals surface area contributed by atoms with Gasteiger partial charge in [-0.05, 0) is 46.5 Å². The van der Waals surface area contributed by atoms with E-state index in [-0.39, 0.29) is 0 Å². The molecule has 0 saturated carbocycles. The van der Waals surface area contributed by atoms with Crippen molar-refractivity contribution in [2.45, 2.75) is 12.8 Å². The predicted octanol–water partition coefficient (Wildman–Crippen LogP) is 5.06. The Morgan fingerprint density at radius 1 is 0.909 bits per heavy atom. The Kier molecular flexibility index (Phi) is 4.29. The van der Waals surface area contributed by atoms with Gasteiger partial charge in [0.2, 0.25) is 0 Å². The number of ether oxygens (including phenoxy) is 1. The molecule has 0 radical (unpaired) electrons. The summed E-state index contributed by atoms with van der Waals surface area (Å²) >= 11 is 0. The summed E-state index contributed by atoms with van der Waals surface area (Å²) in [6.45, 7) is 3.17. The molecule has 1 N–H and O–H groups in total. The van der Waals surface area contributed by atoms with Crippen LogP contribution in [0.15, 0.2) is 66.7 Å². The van der Waals surface area contributed by atoms with E-state index in [1.807, 2.05) is 12.1 Å². The van der Waals surface area contributed by atoms with Crippen LogP contribution in [0.2, 0.25) is 0 Å². The number of nitrogens with one attached hydrogen (secondary N) is 1. The van der Waals surface area contributed by atoms with Gasteiger partial charge in [0, 0.05) is 12.2 Å². The van der Waals surface area contributed by atoms with Crippen molar-refractivity contribution < 1.29 is 4.74 Å². The molecular weight excluding hydrogens is 270 g/mol. The van der Waals surface area contributed by atoms with Gasteiger partial charge in [-0.15, -0.1) is 0 Å². The molecule has 0 aliphatic carbocycles. The van der Waals surface area contributed by atoms with E-state index in [4.69, 9.17) is 4.74 Å². The number of hydrogen-bond acceptors (Lipinski definition) is 2. The van der Waals surface area contributed by atoms with Crippen LogP contribution in [0.1, 0.15) is 18.4 Å². The van der Waals surface area contributed by atoms with Crippen molar-refractivity contribution in [2.75, 3.05) is 19.0 Å². The lowest BCUT2D eigenvalue weighted by Crippen LogP contribution is -2.10. The first kappa shape index (κ1) is 14.5. The van der Waals surface area contributed by atoms with Gasteiger partial charge >= 0.3 is 0 Å². The maximum atomic E-state index is 5.18. The number of fused-ring (bicyclic) bond motifs is 1. The minimum atomic E-state index is 0.438. The molecule has 112 valence electrons. The Bertz CT molecular complexity index is 744. The fourth-order valence-corrected chi connectivity index (χ4v) is 2.77. The summed E-state index contributed by atoms with van der Waals surface area (Å²) < 4.78 is 5.18. The quantitative estimate of drug-likeness (QED) is 0.709. The van der Waals surface area contributed by atoms with E-state index in [1.54, 1.807) is 7.11 Å². The third-order valence-corrected chi connectivity index (χ3v) is 4.06. The first-order valence-electron chi connectivity index (χ1n) is 7.63. The molecule has 0 fully saturated rings. The van der Waals surface area contributed by atoms with Gasteiger partial charge in [-0.2, -0.15) is 0 Å². The first-order valence-corrected chi connectivity index (χ1v) is 7.63. The van der Waals surface area contributed by atoms with Gasteiger partial charge in [0.05, 0.1) is 7.11 Å². The molecule has 0 amide bonds. The SMILES string of the molecule is COc1ccc(NC[C@@H](C)c2cccc3ccccc23)cc1. The third-order valence-electron chi connectivity index (χ3n) is 4.06. The fourth-order valence-electron chi connectivity index (χ4n) is 2.77. The van der Waals surface area contributed by atoms with Gasteiger partial charge in [0.1, 0.15) is 5.75 Å². The second kappa shape index (κ2) is 6.52. The highest BCUT2D eigenvalue weighted by Crippen LogP contribution is 2.26. The summed E-state index contributed by atoms with van der Waals surface area (Å²) in [6.07, 6.45) is 0. The molecule has 3 aromatic rings. The zero-order chi connectivity index (χ0) is 15.4. The topological polar surface area (TPSA) is 21.3 Å². The van der Waals surface area contributed by atoms with Crippen molar-refractivity contribution >= 4 is 16.5 Å². The Morgan fingerprint density at radius 2 is 1.64 bits per heavy atom. The van der Waals surface area contributed by atoms with Crippen LogP contribution in [-0.4, -0.2) is 13.7 Å². The van der Waals surface area contributed by atoms with Crippen LogP contribution >= 0.6 is 0 Å². The average molecular weight is 291 g/mol. The van der Waals surface area contributed by atoms with Gasteiger partial charge in [-0.1, -0.05) is 49.4 Å². The molecule has 0 aliphatic rings. The second-order valence-electron chi connectivity index (χ2n) is 5.58. The van der Waals surface area contributed by atoms with Crippen molar-refractivity contribution in [3.05, 3.63) is 72.3 Å². The zero-order valence-electron chi connectivity index (χ0n) is 13.0. The summed E-state index contributed by atoms with van der Waals surface area (Å²) in [7, 11) is 1.69. The number of anilines is 1. The summed E-state index contributed by atoms with van der Waals surface area (Å²) in [6, 6.07) is 23.2. The Morgan fingerprint density at radius 3 is 2.41 bits per heavy atom. The van der Waals surface area contributed by atoms with Crippen LogP contribution in [-0.2, 0) is 0 Å². The number of methoxy groups -OCH3 is 1. The summed E-state index contributed by atoms with van der Waals surface area (Å²) in [4.78, 5) is 0. The molecule has 0 saturated heterocycles. The van der Waals surface area contributed by atoms with Crippen LogP contribution in [0.4, 0.5) is 5.69 Å². The fraction of sp³-hybridized carbons (Fsp3) is 0.200. The van der Waals surface area contributed by atoms with Gasteiger partial charge in [0.15, 0.2) is 0 Å². The largest absolute Gasteiger partial charge is 0.497 e. The normalized spacial score (nSPS) is 12.1. The summed E-state index contributed by atoms with van der Waals surface area (Å²) in [5, 5.41) is 6.15. The molecule has 0 spiro atoms. The van der Waals surface area contributed by atoms with Crippen molar-refractivity contribution in [1.82, 2.24) is 0 Å². The average Bonchev–Trinajstić information content (AvgIpc) is 2.59. The molecule has 2 heteroatoms. The van der Waals surface area contributed by atoms with Crippen molar-refractivity contribution in [3.8, 4) is 5.75 Å². The van der Waals surface area contributed by atoms with Gasteiger partial charge in [-0.3, -0.25) is 0 Å². The van der Waals surface area contributed by atoms with E-state index < -0.39 is 0 Å². The Hall–Kier alpha value is -2.48. The van der Waals surface area contributed by atoms with Crippen molar-refractivity contribution in [3.63, 3.8) is 0 Å².